The quantitative estimate of drug-likeness (QED) is 0.428. The molecule has 0 aliphatic carbocycles. The van der Waals surface area contributed by atoms with E-state index in [0.29, 0.717) is 4.48 Å². The maximum absolute atomic E-state index is 6.42. The van der Waals surface area contributed by atoms with Crippen LogP contribution in [0.25, 0.3) is 21.9 Å². The van der Waals surface area contributed by atoms with E-state index < -0.39 is 0 Å². The Balaban J connectivity index is 1.89. The first-order valence-corrected chi connectivity index (χ1v) is 9.57. The van der Waals surface area contributed by atoms with Crippen LogP contribution in [0, 0.1) is 6.92 Å². The number of rotatable bonds is 2. The third kappa shape index (κ3) is 1.99. The van der Waals surface area contributed by atoms with E-state index in [0.717, 1.165) is 23.5 Å². The van der Waals surface area contributed by atoms with Crippen molar-refractivity contribution in [3.63, 3.8) is 0 Å². The van der Waals surface area contributed by atoms with Crippen molar-refractivity contribution in [2.75, 3.05) is 18.5 Å². The summed E-state index contributed by atoms with van der Waals surface area (Å²) in [4.78, 5) is 7.10. The van der Waals surface area contributed by atoms with Gasteiger partial charge in [-0.05, 0) is 32.0 Å². The second-order valence-electron chi connectivity index (χ2n) is 7.55. The molecule has 0 spiro atoms. The first-order chi connectivity index (χ1) is 13.1. The van der Waals surface area contributed by atoms with Crippen molar-refractivity contribution >= 4 is 39.1 Å². The number of quaternary nitrogens is 1. The van der Waals surface area contributed by atoms with E-state index >= 15 is 0 Å². The molecule has 0 amide bonds. The molecule has 4 nitrogen and oxygen atoms in total. The number of fused-ring (bicyclic) bond motifs is 4. The Morgan fingerprint density at radius 3 is 2.70 bits per heavy atom. The fourth-order valence-corrected chi connectivity index (χ4v) is 4.80. The Hall–Kier alpha value is -2.85. The number of anilines is 1. The molecule has 5 rings (SSSR count). The van der Waals surface area contributed by atoms with Crippen molar-refractivity contribution in [3.05, 3.63) is 60.3 Å². The minimum Gasteiger partial charge on any atom is -0.450 e. The van der Waals surface area contributed by atoms with E-state index in [4.69, 9.17) is 9.40 Å². The summed E-state index contributed by atoms with van der Waals surface area (Å²) in [6, 6.07) is 16.9. The highest BCUT2D eigenvalue weighted by atomic mass is 16.3. The molecule has 1 aliphatic heterocycles. The van der Waals surface area contributed by atoms with Gasteiger partial charge >= 0.3 is 0 Å². The zero-order valence-electron chi connectivity index (χ0n) is 16.2. The Kier molecular flexibility index (Phi) is 3.37. The summed E-state index contributed by atoms with van der Waals surface area (Å²) in [5.74, 6) is 1.07. The molecule has 3 heterocycles. The van der Waals surface area contributed by atoms with Crippen molar-refractivity contribution in [1.29, 1.82) is 0 Å². The third-order valence-electron chi connectivity index (χ3n) is 6.26. The average molecular weight is 358 g/mol. The fourth-order valence-electron chi connectivity index (χ4n) is 4.80. The van der Waals surface area contributed by atoms with E-state index in [1.165, 1.54) is 27.7 Å². The Bertz CT molecular complexity index is 1180. The van der Waals surface area contributed by atoms with Crippen LogP contribution in [0.15, 0.2) is 59.1 Å². The minimum atomic E-state index is 0.234. The van der Waals surface area contributed by atoms with Gasteiger partial charge in [-0.3, -0.25) is 0 Å². The second kappa shape index (κ2) is 5.57. The molecule has 4 heteroatoms. The number of pyridine rings is 1. The van der Waals surface area contributed by atoms with Crippen molar-refractivity contribution < 1.29 is 4.42 Å². The van der Waals surface area contributed by atoms with E-state index in [-0.39, 0.29) is 6.17 Å². The third-order valence-corrected chi connectivity index (χ3v) is 6.26. The summed E-state index contributed by atoms with van der Waals surface area (Å²) < 4.78 is 7.09. The van der Waals surface area contributed by atoms with Gasteiger partial charge in [0.2, 0.25) is 0 Å². The number of aryl methyl sites for hydroxylation is 1. The van der Waals surface area contributed by atoms with Gasteiger partial charge in [0, 0.05) is 42.1 Å². The minimum absolute atomic E-state index is 0.234. The Labute approximate surface area is 159 Å². The number of para-hydroxylation sites is 1. The zero-order valence-corrected chi connectivity index (χ0v) is 16.2. The Morgan fingerprint density at radius 2 is 1.89 bits per heavy atom. The molecule has 2 aromatic carbocycles. The summed E-state index contributed by atoms with van der Waals surface area (Å²) in [5, 5.41) is 2.35. The summed E-state index contributed by atoms with van der Waals surface area (Å²) in [6.07, 6.45) is 2.12. The lowest BCUT2D eigenvalue weighted by Gasteiger charge is -2.36. The predicted molar refractivity (Wildman–Crippen MR) is 113 cm³/mol. The lowest BCUT2D eigenvalue weighted by molar-refractivity contribution is 0.372. The molecule has 4 aromatic rings. The molecule has 0 fully saturated rings. The number of hydrogen-bond donors (Lipinski definition) is 0. The van der Waals surface area contributed by atoms with Gasteiger partial charge in [0.15, 0.2) is 28.9 Å². The van der Waals surface area contributed by atoms with Gasteiger partial charge in [0.05, 0.1) is 7.05 Å². The molecule has 0 radical (unpaired) electrons. The largest absolute Gasteiger partial charge is 0.450 e. The average Bonchev–Trinajstić information content (AvgIpc) is 3.16. The lowest BCUT2D eigenvalue weighted by Crippen LogP contribution is -2.51. The van der Waals surface area contributed by atoms with Gasteiger partial charge in [-0.2, -0.15) is 0 Å². The number of benzene rings is 2. The highest BCUT2D eigenvalue weighted by molar-refractivity contribution is 6.10. The van der Waals surface area contributed by atoms with Gasteiger partial charge in [-0.1, -0.05) is 24.3 Å². The molecule has 0 saturated heterocycles. The molecular weight excluding hydrogens is 334 g/mol. The van der Waals surface area contributed by atoms with Gasteiger partial charge < -0.3 is 9.32 Å². The smallest absolute Gasteiger partial charge is 0.196 e. The van der Waals surface area contributed by atoms with Crippen LogP contribution in [0.3, 0.4) is 0 Å². The molecule has 0 saturated carbocycles. The van der Waals surface area contributed by atoms with Crippen molar-refractivity contribution in [2.24, 2.45) is 0 Å². The van der Waals surface area contributed by atoms with E-state index in [2.05, 4.69) is 69.1 Å². The SMILES string of the molecule is CCN1c2ncccc2[N+](C)(c2c(C)ccc3c2oc2ccccc23)[C@@H]1C. The molecule has 136 valence electrons. The normalized spacial score (nSPS) is 21.9. The molecular formula is C23H24N3O+. The van der Waals surface area contributed by atoms with Gasteiger partial charge in [0.25, 0.3) is 0 Å². The standard InChI is InChI=1S/C23H24N3O/c1-5-25-16(3)26(4,19-10-8-14-24-23(19)25)21-15(2)12-13-18-17-9-6-7-11-20(17)27-22(18)21/h6-14,16H,5H2,1-4H3/q+1/t16-,26?/m1/s1. The molecule has 0 bridgehead atoms. The van der Waals surface area contributed by atoms with Crippen LogP contribution in [0.4, 0.5) is 17.2 Å². The molecule has 0 N–H and O–H groups in total. The monoisotopic (exact) mass is 358 g/mol. The summed E-state index contributed by atoms with van der Waals surface area (Å²) in [5.41, 5.74) is 5.61. The Morgan fingerprint density at radius 1 is 1.07 bits per heavy atom. The van der Waals surface area contributed by atoms with E-state index in [1.807, 2.05) is 18.3 Å². The summed E-state index contributed by atoms with van der Waals surface area (Å²) in [6.45, 7) is 7.59. The van der Waals surface area contributed by atoms with Gasteiger partial charge in [-0.25, -0.2) is 9.47 Å². The first kappa shape index (κ1) is 16.3. The predicted octanol–water partition coefficient (Wildman–Crippen LogP) is 5.74. The van der Waals surface area contributed by atoms with E-state index in [1.54, 1.807) is 0 Å². The number of furan rings is 1. The number of hydrogen-bond acceptors (Lipinski definition) is 3. The van der Waals surface area contributed by atoms with Gasteiger partial charge in [0.1, 0.15) is 5.58 Å². The highest BCUT2D eigenvalue weighted by Crippen LogP contribution is 2.52. The van der Waals surface area contributed by atoms with Crippen molar-refractivity contribution in [1.82, 2.24) is 9.47 Å². The summed E-state index contributed by atoms with van der Waals surface area (Å²) >= 11 is 0. The molecule has 2 atom stereocenters. The maximum Gasteiger partial charge on any atom is 0.196 e. The van der Waals surface area contributed by atoms with Crippen LogP contribution in [-0.4, -0.2) is 24.7 Å². The molecule has 1 unspecified atom stereocenters. The van der Waals surface area contributed by atoms with Crippen LogP contribution in [0.1, 0.15) is 19.4 Å². The van der Waals surface area contributed by atoms with Crippen LogP contribution in [0.5, 0.6) is 0 Å². The summed E-state index contributed by atoms with van der Waals surface area (Å²) in [7, 11) is 2.29. The lowest BCUT2D eigenvalue weighted by atomic mass is 10.1. The number of nitrogens with zero attached hydrogens (tertiary/aromatic N) is 3. The van der Waals surface area contributed by atoms with Crippen LogP contribution >= 0.6 is 0 Å². The van der Waals surface area contributed by atoms with Crippen molar-refractivity contribution in [2.45, 2.75) is 26.9 Å². The van der Waals surface area contributed by atoms with Gasteiger partial charge in [-0.15, -0.1) is 0 Å². The topological polar surface area (TPSA) is 29.3 Å². The van der Waals surface area contributed by atoms with E-state index in [9.17, 15) is 0 Å². The second-order valence-corrected chi connectivity index (χ2v) is 7.55. The first-order valence-electron chi connectivity index (χ1n) is 9.57. The molecule has 1 aliphatic rings. The highest BCUT2D eigenvalue weighted by Gasteiger charge is 2.50. The van der Waals surface area contributed by atoms with Crippen molar-refractivity contribution in [3.8, 4) is 0 Å². The van der Waals surface area contributed by atoms with Crippen LogP contribution < -0.4 is 9.38 Å². The van der Waals surface area contributed by atoms with Crippen LogP contribution in [-0.2, 0) is 0 Å². The van der Waals surface area contributed by atoms with Crippen LogP contribution in [0.2, 0.25) is 0 Å². The number of aromatic nitrogens is 1. The molecule has 27 heavy (non-hydrogen) atoms. The maximum atomic E-state index is 6.42. The molecule has 2 aromatic heterocycles. The fraction of sp³-hybridized carbons (Fsp3) is 0.261. The zero-order chi connectivity index (χ0) is 18.8.